The molecule has 0 spiro atoms. The highest BCUT2D eigenvalue weighted by molar-refractivity contribution is 5.72. The van der Waals surface area contributed by atoms with Gasteiger partial charge in [-0.1, -0.05) is 205 Å². The van der Waals surface area contributed by atoms with Gasteiger partial charge < -0.3 is 14.2 Å². The van der Waals surface area contributed by atoms with Crippen molar-refractivity contribution >= 4 is 17.9 Å². The summed E-state index contributed by atoms with van der Waals surface area (Å²) in [5.41, 5.74) is 0. The van der Waals surface area contributed by atoms with Crippen LogP contribution >= 0.6 is 0 Å². The average molecular weight is 811 g/mol. The third-order valence-corrected chi connectivity index (χ3v) is 8.58. The lowest BCUT2D eigenvalue weighted by molar-refractivity contribution is -0.166. The summed E-state index contributed by atoms with van der Waals surface area (Å²) in [7, 11) is 0. The van der Waals surface area contributed by atoms with Crippen molar-refractivity contribution in [1.29, 1.82) is 0 Å². The molecule has 0 saturated heterocycles. The zero-order valence-corrected chi connectivity index (χ0v) is 36.9. The van der Waals surface area contributed by atoms with Gasteiger partial charge in [0.15, 0.2) is 6.10 Å². The van der Waals surface area contributed by atoms with Gasteiger partial charge in [-0.15, -0.1) is 0 Å². The number of ether oxygens (including phenoxy) is 3. The molecule has 1 unspecified atom stereocenters. The summed E-state index contributed by atoms with van der Waals surface area (Å²) in [5, 5.41) is 0. The molecule has 0 aromatic rings. The van der Waals surface area contributed by atoms with E-state index in [0.29, 0.717) is 6.42 Å². The number of carbonyl (C=O) groups is 3. The molecule has 6 nitrogen and oxygen atoms in total. The molecule has 0 aliphatic carbocycles. The average Bonchev–Trinajstić information content (AvgIpc) is 3.23. The minimum atomic E-state index is -0.843. The van der Waals surface area contributed by atoms with Gasteiger partial charge in [0, 0.05) is 12.8 Å². The molecule has 0 rings (SSSR count). The van der Waals surface area contributed by atoms with Crippen LogP contribution in [-0.2, 0) is 28.6 Å². The summed E-state index contributed by atoms with van der Waals surface area (Å²) in [5.74, 6) is -1.14. The van der Waals surface area contributed by atoms with Crippen molar-refractivity contribution < 1.29 is 28.6 Å². The Bertz CT molecular complexity index is 1390. The van der Waals surface area contributed by atoms with E-state index in [4.69, 9.17) is 14.2 Å². The van der Waals surface area contributed by atoms with Crippen LogP contribution in [0, 0.1) is 0 Å². The van der Waals surface area contributed by atoms with Crippen molar-refractivity contribution in [3.8, 4) is 0 Å². The fourth-order valence-corrected chi connectivity index (χ4v) is 5.30. The Morgan fingerprint density at radius 3 is 1.25 bits per heavy atom. The molecule has 0 aromatic heterocycles. The third kappa shape index (κ3) is 44.2. The van der Waals surface area contributed by atoms with Crippen LogP contribution in [-0.4, -0.2) is 37.2 Å². The first-order valence-corrected chi connectivity index (χ1v) is 22.5. The predicted octanol–water partition coefficient (Wildman–Crippen LogP) is 14.5. The molecule has 0 aliphatic rings. The molecule has 0 aromatic carbocycles. The molecular weight excluding hydrogens is 733 g/mol. The van der Waals surface area contributed by atoms with Crippen LogP contribution in [0.2, 0.25) is 0 Å². The molecule has 0 heterocycles. The fourth-order valence-electron chi connectivity index (χ4n) is 5.30. The second-order valence-electron chi connectivity index (χ2n) is 14.0. The van der Waals surface area contributed by atoms with Gasteiger partial charge in [0.25, 0.3) is 0 Å². The number of allylic oxidation sites excluding steroid dienone is 23. The number of carbonyl (C=O) groups excluding carboxylic acids is 3. The minimum Gasteiger partial charge on any atom is -0.462 e. The summed E-state index contributed by atoms with van der Waals surface area (Å²) in [6, 6.07) is 0. The Hall–Kier alpha value is -4.71. The van der Waals surface area contributed by atoms with Gasteiger partial charge in [-0.2, -0.15) is 0 Å². The quantitative estimate of drug-likeness (QED) is 0.0204. The van der Waals surface area contributed by atoms with E-state index in [2.05, 4.69) is 93.7 Å². The van der Waals surface area contributed by atoms with Crippen LogP contribution in [0.15, 0.2) is 146 Å². The van der Waals surface area contributed by atoms with Crippen LogP contribution < -0.4 is 0 Å². The topological polar surface area (TPSA) is 78.9 Å². The Labute approximate surface area is 359 Å². The Morgan fingerprint density at radius 2 is 0.746 bits per heavy atom. The standard InChI is InChI=1S/C53H78O6/c1-4-7-10-13-16-19-21-23-25-26-28-29-31-34-37-40-43-46-52(55)58-49-50(48-57-51(54)45-42-39-36-33-18-15-12-9-6-3)59-53(56)47-44-41-38-35-32-30-27-24-22-20-17-14-11-8-5-2/h7-14,16-23,25-26,28-29,31,33,39,42,50H,4-6,15,24,27,30,32,34-38,40-41,43-49H2,1-3H3/b10-7-,11-8-,12-9-,16-13-,17-14-,21-19-,22-20-,25-23-,28-26+,31-29-,33-18-,42-39-. The molecule has 1 atom stereocenters. The highest BCUT2D eigenvalue weighted by Gasteiger charge is 2.19. The molecule has 0 radical (unpaired) electrons. The van der Waals surface area contributed by atoms with E-state index in [1.54, 1.807) is 6.08 Å². The first kappa shape index (κ1) is 54.3. The maximum Gasteiger partial charge on any atom is 0.309 e. The summed E-state index contributed by atoms with van der Waals surface area (Å²) < 4.78 is 16.5. The molecule has 0 amide bonds. The van der Waals surface area contributed by atoms with Crippen LogP contribution in [0.25, 0.3) is 0 Å². The van der Waals surface area contributed by atoms with Crippen molar-refractivity contribution in [2.75, 3.05) is 13.2 Å². The molecule has 0 bridgehead atoms. The lowest BCUT2D eigenvalue weighted by atomic mass is 10.1. The maximum absolute atomic E-state index is 12.7. The first-order chi connectivity index (χ1) is 29.0. The number of rotatable bonds is 37. The van der Waals surface area contributed by atoms with Crippen molar-refractivity contribution in [2.24, 2.45) is 0 Å². The normalized spacial score (nSPS) is 13.5. The molecule has 59 heavy (non-hydrogen) atoms. The largest absolute Gasteiger partial charge is 0.462 e. The monoisotopic (exact) mass is 811 g/mol. The van der Waals surface area contributed by atoms with E-state index in [1.165, 1.54) is 19.3 Å². The lowest BCUT2D eigenvalue weighted by Crippen LogP contribution is -2.30. The van der Waals surface area contributed by atoms with Gasteiger partial charge in [0.1, 0.15) is 13.2 Å². The van der Waals surface area contributed by atoms with Gasteiger partial charge >= 0.3 is 17.9 Å². The second kappa shape index (κ2) is 46.0. The van der Waals surface area contributed by atoms with Gasteiger partial charge in [0.2, 0.25) is 0 Å². The van der Waals surface area contributed by atoms with Crippen LogP contribution in [0.1, 0.15) is 149 Å². The molecule has 6 heteroatoms. The zero-order valence-electron chi connectivity index (χ0n) is 36.9. The number of unbranched alkanes of at least 4 members (excludes halogenated alkanes) is 10. The molecule has 0 fully saturated rings. The number of hydrogen-bond acceptors (Lipinski definition) is 6. The van der Waals surface area contributed by atoms with Crippen LogP contribution in [0.3, 0.4) is 0 Å². The molecule has 0 saturated carbocycles. The Morgan fingerprint density at radius 1 is 0.373 bits per heavy atom. The van der Waals surface area contributed by atoms with E-state index in [-0.39, 0.29) is 44.4 Å². The van der Waals surface area contributed by atoms with E-state index in [9.17, 15) is 14.4 Å². The summed E-state index contributed by atoms with van der Waals surface area (Å²) in [4.78, 5) is 37.7. The second-order valence-corrected chi connectivity index (χ2v) is 14.0. The zero-order chi connectivity index (χ0) is 43.0. The summed E-state index contributed by atoms with van der Waals surface area (Å²) in [6.07, 6.45) is 65.7. The van der Waals surface area contributed by atoms with Crippen molar-refractivity contribution in [3.05, 3.63) is 146 Å². The maximum atomic E-state index is 12.7. The fraction of sp³-hybridized carbons (Fsp3) is 0.491. The highest BCUT2D eigenvalue weighted by atomic mass is 16.6. The minimum absolute atomic E-state index is 0.116. The highest BCUT2D eigenvalue weighted by Crippen LogP contribution is 2.12. The van der Waals surface area contributed by atoms with E-state index in [1.807, 2.05) is 66.8 Å². The molecule has 0 aliphatic heterocycles. The smallest absolute Gasteiger partial charge is 0.309 e. The van der Waals surface area contributed by atoms with Crippen LogP contribution in [0.4, 0.5) is 0 Å². The SMILES string of the molecule is CC\C=C/C=C\C=C/C=C\C=C\C=C/CCCCCC(=O)OCC(COC(=O)C/C=C\C/C=C\C/C=C\CC)OC(=O)CCCCCCCCC\C=C/C=C\C=C/CC. The Kier molecular flexibility index (Phi) is 42.3. The number of hydrogen-bond donors (Lipinski definition) is 0. The van der Waals surface area contributed by atoms with E-state index >= 15 is 0 Å². The van der Waals surface area contributed by atoms with Gasteiger partial charge in [-0.05, 0) is 70.6 Å². The summed E-state index contributed by atoms with van der Waals surface area (Å²) in [6.45, 7) is 6.05. The van der Waals surface area contributed by atoms with Gasteiger partial charge in [-0.25, -0.2) is 0 Å². The van der Waals surface area contributed by atoms with Crippen molar-refractivity contribution in [2.45, 2.75) is 155 Å². The third-order valence-electron chi connectivity index (χ3n) is 8.58. The number of esters is 3. The van der Waals surface area contributed by atoms with Crippen LogP contribution in [0.5, 0.6) is 0 Å². The molecule has 326 valence electrons. The van der Waals surface area contributed by atoms with E-state index in [0.717, 1.165) is 83.5 Å². The predicted molar refractivity (Wildman–Crippen MR) is 251 cm³/mol. The van der Waals surface area contributed by atoms with Gasteiger partial charge in [0.05, 0.1) is 6.42 Å². The molecule has 0 N–H and O–H groups in total. The van der Waals surface area contributed by atoms with E-state index < -0.39 is 12.1 Å². The summed E-state index contributed by atoms with van der Waals surface area (Å²) >= 11 is 0. The van der Waals surface area contributed by atoms with Crippen molar-refractivity contribution in [1.82, 2.24) is 0 Å². The van der Waals surface area contributed by atoms with Gasteiger partial charge in [-0.3, -0.25) is 14.4 Å². The Balaban J connectivity index is 4.57. The van der Waals surface area contributed by atoms with Crippen molar-refractivity contribution in [3.63, 3.8) is 0 Å². The lowest BCUT2D eigenvalue weighted by Gasteiger charge is -2.18. The first-order valence-electron chi connectivity index (χ1n) is 22.5. The molecular formula is C53H78O6.